The number of hydrogen-bond acceptors (Lipinski definition) is 2. The van der Waals surface area contributed by atoms with Crippen LogP contribution in [0.2, 0.25) is 0 Å². The van der Waals surface area contributed by atoms with Gasteiger partial charge in [-0.1, -0.05) is 84.9 Å². The van der Waals surface area contributed by atoms with Gasteiger partial charge < -0.3 is 0 Å². The molecule has 36 heavy (non-hydrogen) atoms. The van der Waals surface area contributed by atoms with Crippen molar-refractivity contribution in [3.05, 3.63) is 134 Å². The number of rotatable bonds is 2. The van der Waals surface area contributed by atoms with Gasteiger partial charge in [-0.15, -0.1) is 0 Å². The average molecular weight is 459 g/mol. The number of pyridine rings is 2. The maximum Gasteiger partial charge on any atom is 0.0702 e. The molecule has 2 nitrogen and oxygen atoms in total. The summed E-state index contributed by atoms with van der Waals surface area (Å²) in [5.74, 6) is 0. The van der Waals surface area contributed by atoms with E-state index in [4.69, 9.17) is 0 Å². The predicted molar refractivity (Wildman–Crippen MR) is 148 cm³/mol. The van der Waals surface area contributed by atoms with Gasteiger partial charge in [-0.2, -0.15) is 0 Å². The van der Waals surface area contributed by atoms with Crippen molar-refractivity contribution in [3.63, 3.8) is 0 Å². The zero-order chi connectivity index (χ0) is 23.9. The van der Waals surface area contributed by atoms with Crippen molar-refractivity contribution in [2.75, 3.05) is 0 Å². The third kappa shape index (κ3) is 3.35. The van der Waals surface area contributed by atoms with Crippen LogP contribution in [0, 0.1) is 0 Å². The fourth-order valence-electron chi connectivity index (χ4n) is 5.30. The van der Waals surface area contributed by atoms with Crippen LogP contribution >= 0.6 is 0 Å². The van der Waals surface area contributed by atoms with Crippen molar-refractivity contribution in [3.8, 4) is 67.0 Å². The lowest BCUT2D eigenvalue weighted by Gasteiger charge is -2.24. The molecule has 1 aliphatic rings. The molecule has 168 valence electrons. The molecule has 0 saturated heterocycles. The first-order valence-electron chi connectivity index (χ1n) is 12.2. The smallest absolute Gasteiger partial charge is 0.0702 e. The topological polar surface area (TPSA) is 25.8 Å². The van der Waals surface area contributed by atoms with E-state index in [1.54, 1.807) is 0 Å². The number of fused-ring (bicyclic) bond motifs is 8. The summed E-state index contributed by atoms with van der Waals surface area (Å²) >= 11 is 0. The van der Waals surface area contributed by atoms with Crippen LogP contribution in [0.1, 0.15) is 0 Å². The van der Waals surface area contributed by atoms with Crippen molar-refractivity contribution in [1.82, 2.24) is 9.97 Å². The average Bonchev–Trinajstić information content (AvgIpc) is 2.97. The van der Waals surface area contributed by atoms with E-state index in [2.05, 4.69) is 107 Å². The van der Waals surface area contributed by atoms with Crippen LogP contribution in [0.4, 0.5) is 0 Å². The van der Waals surface area contributed by atoms with Gasteiger partial charge >= 0.3 is 0 Å². The fourth-order valence-corrected chi connectivity index (χ4v) is 5.30. The van der Waals surface area contributed by atoms with Crippen molar-refractivity contribution in [2.45, 2.75) is 0 Å². The highest BCUT2D eigenvalue weighted by Crippen LogP contribution is 2.48. The van der Waals surface area contributed by atoms with Crippen LogP contribution < -0.4 is 0 Å². The second-order valence-electron chi connectivity index (χ2n) is 9.04. The summed E-state index contributed by atoms with van der Waals surface area (Å²) in [7, 11) is 0. The summed E-state index contributed by atoms with van der Waals surface area (Å²) in [4.78, 5) is 9.22. The fraction of sp³-hybridized carbons (Fsp3) is 0. The maximum atomic E-state index is 4.61. The van der Waals surface area contributed by atoms with Crippen LogP contribution in [-0.4, -0.2) is 9.97 Å². The Morgan fingerprint density at radius 3 is 1.06 bits per heavy atom. The van der Waals surface area contributed by atoms with E-state index in [-0.39, 0.29) is 0 Å². The number of hydrogen-bond donors (Lipinski definition) is 0. The maximum absolute atomic E-state index is 4.61. The molecule has 0 aliphatic heterocycles. The molecule has 0 atom stereocenters. The molecule has 0 amide bonds. The minimum absolute atomic E-state index is 0.980. The van der Waals surface area contributed by atoms with E-state index in [1.165, 1.54) is 44.5 Å². The SMILES string of the molecule is c1ccc(-c2ccc3c(c2)-c2ccccc2-c2ccc(-c4ccccn4)cc2-c2ccccc2-3)nc1. The Labute approximate surface area is 210 Å². The second kappa shape index (κ2) is 8.44. The third-order valence-corrected chi connectivity index (χ3v) is 6.98. The van der Waals surface area contributed by atoms with Gasteiger partial charge in [0.25, 0.3) is 0 Å². The molecule has 0 fully saturated rings. The normalized spacial score (nSPS) is 11.3. The lowest BCUT2D eigenvalue weighted by atomic mass is 9.80. The highest BCUT2D eigenvalue weighted by Gasteiger charge is 2.22. The summed E-state index contributed by atoms with van der Waals surface area (Å²) in [6, 6.07) is 43.1. The number of nitrogens with zero attached hydrogens (tertiary/aromatic N) is 2. The van der Waals surface area contributed by atoms with Crippen molar-refractivity contribution in [1.29, 1.82) is 0 Å². The zero-order valence-electron chi connectivity index (χ0n) is 19.6. The summed E-state index contributed by atoms with van der Waals surface area (Å²) in [5.41, 5.74) is 14.0. The molecule has 4 aromatic carbocycles. The van der Waals surface area contributed by atoms with Crippen LogP contribution in [0.3, 0.4) is 0 Å². The first kappa shape index (κ1) is 20.5. The van der Waals surface area contributed by atoms with E-state index >= 15 is 0 Å². The molecule has 2 heteroatoms. The Bertz CT molecular complexity index is 1590. The molecule has 7 rings (SSSR count). The van der Waals surface area contributed by atoms with E-state index in [1.807, 2.05) is 36.7 Å². The van der Waals surface area contributed by atoms with E-state index in [9.17, 15) is 0 Å². The molecule has 2 aromatic heterocycles. The van der Waals surface area contributed by atoms with Gasteiger partial charge in [0.15, 0.2) is 0 Å². The Balaban J connectivity index is 1.54. The molecule has 1 aliphatic carbocycles. The Hall–Kier alpha value is -4.82. The molecule has 2 heterocycles. The lowest BCUT2D eigenvalue weighted by Crippen LogP contribution is -1.98. The molecule has 0 saturated carbocycles. The minimum atomic E-state index is 0.980. The van der Waals surface area contributed by atoms with Crippen molar-refractivity contribution < 1.29 is 0 Å². The molecule has 0 unspecified atom stereocenters. The zero-order valence-corrected chi connectivity index (χ0v) is 19.6. The van der Waals surface area contributed by atoms with Gasteiger partial charge in [-0.3, -0.25) is 9.97 Å². The van der Waals surface area contributed by atoms with Gasteiger partial charge in [0.1, 0.15) is 0 Å². The molecule has 0 radical (unpaired) electrons. The van der Waals surface area contributed by atoms with Gasteiger partial charge in [-0.25, -0.2) is 0 Å². The van der Waals surface area contributed by atoms with Crippen LogP contribution in [0.15, 0.2) is 134 Å². The minimum Gasteiger partial charge on any atom is -0.256 e. The van der Waals surface area contributed by atoms with E-state index in [0.717, 1.165) is 22.5 Å². The first-order valence-corrected chi connectivity index (χ1v) is 12.2. The Morgan fingerprint density at radius 1 is 0.306 bits per heavy atom. The van der Waals surface area contributed by atoms with E-state index in [0.29, 0.717) is 0 Å². The van der Waals surface area contributed by atoms with Gasteiger partial charge in [-0.05, 0) is 80.9 Å². The highest BCUT2D eigenvalue weighted by atomic mass is 14.7. The van der Waals surface area contributed by atoms with Gasteiger partial charge in [0.2, 0.25) is 0 Å². The summed E-state index contributed by atoms with van der Waals surface area (Å²) in [5, 5.41) is 0. The number of aromatic nitrogens is 2. The van der Waals surface area contributed by atoms with E-state index < -0.39 is 0 Å². The molecular weight excluding hydrogens is 436 g/mol. The highest BCUT2D eigenvalue weighted by molar-refractivity contribution is 6.04. The lowest BCUT2D eigenvalue weighted by molar-refractivity contribution is 1.32. The number of benzene rings is 4. The molecule has 0 spiro atoms. The Kier molecular flexibility index (Phi) is 4.82. The standard InChI is InChI=1S/C34H22N2/c1-3-11-27-25(9-1)29-17-15-23(33-13-5-7-19-35-33)22-32(29)28-12-4-2-10-26(28)30-18-16-24(21-31(27)30)34-14-6-8-20-36-34/h1-22H. The van der Waals surface area contributed by atoms with Crippen molar-refractivity contribution >= 4 is 0 Å². The second-order valence-corrected chi connectivity index (χ2v) is 9.04. The van der Waals surface area contributed by atoms with Gasteiger partial charge in [0.05, 0.1) is 11.4 Å². The summed E-state index contributed by atoms with van der Waals surface area (Å²) in [6.07, 6.45) is 3.70. The monoisotopic (exact) mass is 458 g/mol. The third-order valence-electron chi connectivity index (χ3n) is 6.98. The van der Waals surface area contributed by atoms with Gasteiger partial charge in [0, 0.05) is 23.5 Å². The van der Waals surface area contributed by atoms with Crippen molar-refractivity contribution in [2.24, 2.45) is 0 Å². The molecular formula is C34H22N2. The largest absolute Gasteiger partial charge is 0.256 e. The first-order chi connectivity index (χ1) is 17.9. The quantitative estimate of drug-likeness (QED) is 0.259. The Morgan fingerprint density at radius 2 is 0.667 bits per heavy atom. The summed E-state index contributed by atoms with van der Waals surface area (Å²) < 4.78 is 0. The molecule has 0 N–H and O–H groups in total. The molecule has 0 bridgehead atoms. The molecule has 6 aromatic rings. The van der Waals surface area contributed by atoms with Crippen LogP contribution in [-0.2, 0) is 0 Å². The summed E-state index contributed by atoms with van der Waals surface area (Å²) in [6.45, 7) is 0. The predicted octanol–water partition coefficient (Wildman–Crippen LogP) is 8.79. The van der Waals surface area contributed by atoms with Crippen LogP contribution in [0.5, 0.6) is 0 Å². The van der Waals surface area contributed by atoms with Crippen LogP contribution in [0.25, 0.3) is 67.0 Å².